The van der Waals surface area contributed by atoms with Crippen LogP contribution in [0.4, 0.5) is 5.69 Å². The van der Waals surface area contributed by atoms with Gasteiger partial charge in [0, 0.05) is 31.0 Å². The molecule has 1 aromatic carbocycles. The first kappa shape index (κ1) is 13.9. The van der Waals surface area contributed by atoms with Gasteiger partial charge >= 0.3 is 5.97 Å². The normalized spacial score (nSPS) is 9.83. The number of ketones is 1. The van der Waals surface area contributed by atoms with Gasteiger partial charge in [-0.1, -0.05) is 0 Å². The molecule has 0 fully saturated rings. The van der Waals surface area contributed by atoms with Crippen LogP contribution in [0.5, 0.6) is 0 Å². The van der Waals surface area contributed by atoms with Gasteiger partial charge in [-0.2, -0.15) is 0 Å². The molecule has 1 aromatic rings. The first-order valence-electron chi connectivity index (χ1n) is 5.61. The van der Waals surface area contributed by atoms with Crippen molar-refractivity contribution in [1.82, 2.24) is 0 Å². The second-order valence-corrected chi connectivity index (χ2v) is 3.93. The number of carboxylic acids is 1. The van der Waals surface area contributed by atoms with E-state index in [0.717, 1.165) is 0 Å². The van der Waals surface area contributed by atoms with Gasteiger partial charge < -0.3 is 10.4 Å². The summed E-state index contributed by atoms with van der Waals surface area (Å²) < 4.78 is 0. The molecule has 0 unspecified atom stereocenters. The van der Waals surface area contributed by atoms with Crippen LogP contribution in [0.3, 0.4) is 0 Å². The summed E-state index contributed by atoms with van der Waals surface area (Å²) in [6.45, 7) is 1.41. The maximum Gasteiger partial charge on any atom is 0.303 e. The lowest BCUT2D eigenvalue weighted by Gasteiger charge is -2.03. The van der Waals surface area contributed by atoms with E-state index in [1.165, 1.54) is 6.92 Å². The molecule has 1 amide bonds. The fourth-order valence-corrected chi connectivity index (χ4v) is 1.49. The number of nitrogens with one attached hydrogen (secondary N) is 1. The first-order chi connectivity index (χ1) is 8.49. The van der Waals surface area contributed by atoms with Crippen molar-refractivity contribution in [2.75, 3.05) is 5.32 Å². The van der Waals surface area contributed by atoms with Crippen LogP contribution in [0, 0.1) is 0 Å². The molecule has 96 valence electrons. The van der Waals surface area contributed by atoms with Crippen molar-refractivity contribution in [3.63, 3.8) is 0 Å². The molecule has 0 heterocycles. The van der Waals surface area contributed by atoms with Gasteiger partial charge in [0.25, 0.3) is 0 Å². The van der Waals surface area contributed by atoms with E-state index in [0.29, 0.717) is 17.7 Å². The van der Waals surface area contributed by atoms with Crippen LogP contribution in [-0.2, 0) is 9.59 Å². The lowest BCUT2D eigenvalue weighted by molar-refractivity contribution is -0.137. The largest absolute Gasteiger partial charge is 0.481 e. The number of hydrogen-bond donors (Lipinski definition) is 2. The molecule has 0 saturated heterocycles. The maximum absolute atomic E-state index is 11.7. The van der Waals surface area contributed by atoms with Gasteiger partial charge in [-0.15, -0.1) is 0 Å². The van der Waals surface area contributed by atoms with Crippen molar-refractivity contribution >= 4 is 23.3 Å². The first-order valence-corrected chi connectivity index (χ1v) is 5.61. The van der Waals surface area contributed by atoms with Crippen LogP contribution >= 0.6 is 0 Å². The molecule has 0 aromatic heterocycles. The van der Waals surface area contributed by atoms with E-state index in [-0.39, 0.29) is 24.5 Å². The van der Waals surface area contributed by atoms with Crippen molar-refractivity contribution in [2.45, 2.75) is 26.2 Å². The van der Waals surface area contributed by atoms with Crippen molar-refractivity contribution in [3.8, 4) is 0 Å². The van der Waals surface area contributed by atoms with Crippen LogP contribution in [0.25, 0.3) is 0 Å². The minimum atomic E-state index is -0.899. The third kappa shape index (κ3) is 4.78. The molecule has 2 N–H and O–H groups in total. The van der Waals surface area contributed by atoms with E-state index >= 15 is 0 Å². The van der Waals surface area contributed by atoms with Crippen LogP contribution in [0.1, 0.15) is 36.5 Å². The molecule has 5 heteroatoms. The van der Waals surface area contributed by atoms with Crippen LogP contribution < -0.4 is 5.32 Å². The number of aliphatic carboxylic acids is 1. The summed E-state index contributed by atoms with van der Waals surface area (Å²) in [4.78, 5) is 32.8. The number of carboxylic acid groups (broad SMARTS) is 1. The molecular formula is C13H15NO4. The average Bonchev–Trinajstić information content (AvgIpc) is 2.28. The minimum Gasteiger partial charge on any atom is -0.481 e. The Balaban J connectivity index is 2.53. The van der Waals surface area contributed by atoms with Crippen molar-refractivity contribution < 1.29 is 19.5 Å². The summed E-state index contributed by atoms with van der Waals surface area (Å²) in [5.74, 6) is -1.16. The van der Waals surface area contributed by atoms with Gasteiger partial charge in [-0.25, -0.2) is 0 Å². The van der Waals surface area contributed by atoms with E-state index < -0.39 is 5.97 Å². The summed E-state index contributed by atoms with van der Waals surface area (Å²) in [6.07, 6.45) is 0.545. The number of rotatable bonds is 6. The van der Waals surface area contributed by atoms with Gasteiger partial charge in [-0.3, -0.25) is 14.4 Å². The van der Waals surface area contributed by atoms with E-state index in [2.05, 4.69) is 5.32 Å². The highest BCUT2D eigenvalue weighted by atomic mass is 16.4. The van der Waals surface area contributed by atoms with E-state index in [1.807, 2.05) is 0 Å². The van der Waals surface area contributed by atoms with Crippen LogP contribution in [-0.4, -0.2) is 22.8 Å². The predicted molar refractivity (Wildman–Crippen MR) is 66.6 cm³/mol. The zero-order valence-electron chi connectivity index (χ0n) is 10.1. The highest BCUT2D eigenvalue weighted by Crippen LogP contribution is 2.12. The Bertz CT molecular complexity index is 451. The predicted octanol–water partition coefficient (Wildman–Crippen LogP) is 2.08. The molecule has 0 spiro atoms. The lowest BCUT2D eigenvalue weighted by Crippen LogP contribution is -2.06. The lowest BCUT2D eigenvalue weighted by atomic mass is 10.1. The molecule has 0 aliphatic rings. The molecule has 1 rings (SSSR count). The van der Waals surface area contributed by atoms with Crippen molar-refractivity contribution in [2.24, 2.45) is 0 Å². The summed E-state index contributed by atoms with van der Waals surface area (Å²) >= 11 is 0. The SMILES string of the molecule is CC(=O)Nc1ccc(C(=O)CCCC(=O)O)cc1. The number of benzene rings is 1. The number of Topliss-reactive ketones (excluding diaryl/α,β-unsaturated/α-hetero) is 1. The quantitative estimate of drug-likeness (QED) is 0.756. The fourth-order valence-electron chi connectivity index (χ4n) is 1.49. The average molecular weight is 249 g/mol. The summed E-state index contributed by atoms with van der Waals surface area (Å²) in [5.41, 5.74) is 1.15. The van der Waals surface area contributed by atoms with Crippen molar-refractivity contribution in [3.05, 3.63) is 29.8 Å². The van der Waals surface area contributed by atoms with Crippen molar-refractivity contribution in [1.29, 1.82) is 0 Å². The number of carbonyl (C=O) groups is 3. The summed E-state index contributed by atoms with van der Waals surface area (Å²) in [7, 11) is 0. The molecule has 0 atom stereocenters. The summed E-state index contributed by atoms with van der Waals surface area (Å²) in [6, 6.07) is 6.53. The Labute approximate surface area is 105 Å². The molecule has 0 bridgehead atoms. The molecule has 0 aliphatic heterocycles. The Kier molecular flexibility index (Phi) is 5.05. The second-order valence-electron chi connectivity index (χ2n) is 3.93. The fraction of sp³-hybridized carbons (Fsp3) is 0.308. The molecule has 0 saturated carbocycles. The van der Waals surface area contributed by atoms with Gasteiger partial charge in [-0.05, 0) is 30.7 Å². The zero-order chi connectivity index (χ0) is 13.5. The molecule has 0 radical (unpaired) electrons. The van der Waals surface area contributed by atoms with Gasteiger partial charge in [0.05, 0.1) is 0 Å². The Morgan fingerprint density at radius 2 is 1.72 bits per heavy atom. The highest BCUT2D eigenvalue weighted by Gasteiger charge is 2.07. The number of amides is 1. The number of carbonyl (C=O) groups excluding carboxylic acids is 2. The Hall–Kier alpha value is -2.17. The van der Waals surface area contributed by atoms with E-state index in [4.69, 9.17) is 5.11 Å². The highest BCUT2D eigenvalue weighted by molar-refractivity contribution is 5.97. The third-order valence-electron chi connectivity index (χ3n) is 2.32. The second kappa shape index (κ2) is 6.54. The number of hydrogen-bond acceptors (Lipinski definition) is 3. The van der Waals surface area contributed by atoms with Gasteiger partial charge in [0.1, 0.15) is 0 Å². The van der Waals surface area contributed by atoms with Crippen LogP contribution in [0.15, 0.2) is 24.3 Å². The standard InChI is InChI=1S/C13H15NO4/c1-9(15)14-11-7-5-10(6-8-11)12(16)3-2-4-13(17)18/h5-8H,2-4H2,1H3,(H,14,15)(H,17,18). The Morgan fingerprint density at radius 3 is 2.22 bits per heavy atom. The monoisotopic (exact) mass is 249 g/mol. The molecule has 18 heavy (non-hydrogen) atoms. The van der Waals surface area contributed by atoms with Gasteiger partial charge in [0.15, 0.2) is 5.78 Å². The molecule has 0 aliphatic carbocycles. The van der Waals surface area contributed by atoms with E-state index in [1.54, 1.807) is 24.3 Å². The molecular weight excluding hydrogens is 234 g/mol. The number of anilines is 1. The topological polar surface area (TPSA) is 83.5 Å². The summed E-state index contributed by atoms with van der Waals surface area (Å²) in [5, 5.41) is 11.1. The third-order valence-corrected chi connectivity index (χ3v) is 2.32. The minimum absolute atomic E-state index is 0.00425. The smallest absolute Gasteiger partial charge is 0.303 e. The van der Waals surface area contributed by atoms with E-state index in [9.17, 15) is 14.4 Å². The maximum atomic E-state index is 11.7. The Morgan fingerprint density at radius 1 is 1.11 bits per heavy atom. The van der Waals surface area contributed by atoms with Crippen LogP contribution in [0.2, 0.25) is 0 Å². The molecule has 5 nitrogen and oxygen atoms in total. The zero-order valence-corrected chi connectivity index (χ0v) is 10.1. The van der Waals surface area contributed by atoms with Gasteiger partial charge in [0.2, 0.25) is 5.91 Å².